The Morgan fingerprint density at radius 3 is 1.23 bits per heavy atom. The van der Waals surface area contributed by atoms with Crippen molar-refractivity contribution in [3.8, 4) is 0 Å². The number of ketones is 1. The predicted octanol–water partition coefficient (Wildman–Crippen LogP) is 4.54. The Morgan fingerprint density at radius 1 is 0.545 bits per heavy atom. The molecule has 4 aliphatic heterocycles. The fourth-order valence-corrected chi connectivity index (χ4v) is 10.8. The zero-order valence-electron chi connectivity index (χ0n) is 37.2. The number of carbonyl (C=O) groups excluding carboxylic acids is 1. The Morgan fingerprint density at radius 2 is 0.909 bits per heavy atom. The van der Waals surface area contributed by atoms with E-state index in [1.165, 1.54) is 24.3 Å². The van der Waals surface area contributed by atoms with Gasteiger partial charge in [0.2, 0.25) is 0 Å². The van der Waals surface area contributed by atoms with E-state index >= 15 is 4.79 Å². The number of benzene rings is 2. The molecule has 13 nitrogen and oxygen atoms in total. The van der Waals surface area contributed by atoms with E-state index in [1.54, 1.807) is 49.3 Å². The summed E-state index contributed by atoms with van der Waals surface area (Å²) in [5.74, 6) is 1.54. The first-order valence-electron chi connectivity index (χ1n) is 23.0. The van der Waals surface area contributed by atoms with Gasteiger partial charge >= 0.3 is 12.4 Å². The largest absolute Gasteiger partial charge is 0.416 e. The molecule has 2 aromatic heterocycles. The first kappa shape index (κ1) is 47.7. The minimum absolute atomic E-state index is 0.00501. The molecule has 356 valence electrons. The van der Waals surface area contributed by atoms with E-state index in [2.05, 4.69) is 49.3 Å². The fourth-order valence-electron chi connectivity index (χ4n) is 10.8. The number of nitrogens with two attached hydrogens (primary N) is 2. The van der Waals surface area contributed by atoms with Gasteiger partial charge in [-0.25, -0.2) is 9.97 Å². The van der Waals surface area contributed by atoms with Crippen LogP contribution in [0.2, 0.25) is 0 Å². The summed E-state index contributed by atoms with van der Waals surface area (Å²) in [6.07, 6.45) is 2.24. The zero-order valence-corrected chi connectivity index (χ0v) is 37.2. The van der Waals surface area contributed by atoms with Crippen LogP contribution in [0.25, 0.3) is 0 Å². The van der Waals surface area contributed by atoms with Gasteiger partial charge in [-0.1, -0.05) is 36.4 Å². The molecule has 6 heterocycles. The molecule has 4 saturated heterocycles. The Balaban J connectivity index is 1.08. The molecule has 2 atom stereocenters. The van der Waals surface area contributed by atoms with Crippen LogP contribution in [0, 0.1) is 0 Å². The highest BCUT2D eigenvalue weighted by Crippen LogP contribution is 2.44. The monoisotopic (exact) mass is 922 g/mol. The molecular formula is C47H60F6N12O. The van der Waals surface area contributed by atoms with E-state index < -0.39 is 46.4 Å². The number of likely N-dealkylation sites (tertiary alicyclic amines) is 2. The number of carbonyl (C=O) groups is 1. The standard InChI is InChI=1S/C47H60F6N12O/c48-46(49,50)37-7-3-1-5-35(37)44(33-54)9-17-62(18-10-44)39(31-60-21-25-64(26-22-60)41-29-56-13-15-58-41)43(66)40(32-61-23-27-65(28-24-61)42-30-57-14-16-59-42)63-19-11-45(34-55,12-20-63)36-6-2-4-8-38(36)47(51,52)53/h1-8,13-16,29-30,39-40H,9-12,17-28,31-34,54-55H2. The number of halogens is 6. The maximum absolute atomic E-state index is 15.8. The number of piperidine rings is 2. The van der Waals surface area contributed by atoms with Crippen molar-refractivity contribution in [2.45, 2.75) is 60.9 Å². The highest BCUT2D eigenvalue weighted by atomic mass is 19.4. The van der Waals surface area contributed by atoms with E-state index in [0.29, 0.717) is 117 Å². The quantitative estimate of drug-likeness (QED) is 0.172. The third-order valence-corrected chi connectivity index (χ3v) is 14.8. The molecule has 66 heavy (non-hydrogen) atoms. The second-order valence-electron chi connectivity index (χ2n) is 18.3. The van der Waals surface area contributed by atoms with Crippen LogP contribution in [0.4, 0.5) is 38.0 Å². The summed E-state index contributed by atoms with van der Waals surface area (Å²) in [7, 11) is 0. The van der Waals surface area contributed by atoms with E-state index in [1.807, 2.05) is 0 Å². The smallest absolute Gasteiger partial charge is 0.353 e. The first-order chi connectivity index (χ1) is 31.7. The number of nitrogens with zero attached hydrogens (tertiary/aromatic N) is 10. The van der Waals surface area contributed by atoms with Gasteiger partial charge in [0.05, 0.1) is 35.6 Å². The molecule has 4 fully saturated rings. The van der Waals surface area contributed by atoms with Gasteiger partial charge in [-0.15, -0.1) is 0 Å². The molecule has 0 radical (unpaired) electrons. The van der Waals surface area contributed by atoms with Crippen molar-refractivity contribution in [1.82, 2.24) is 39.5 Å². The van der Waals surface area contributed by atoms with Gasteiger partial charge in [0.15, 0.2) is 5.78 Å². The molecule has 8 rings (SSSR count). The number of hydrogen-bond donors (Lipinski definition) is 2. The van der Waals surface area contributed by atoms with Crippen LogP contribution in [-0.2, 0) is 28.0 Å². The van der Waals surface area contributed by atoms with Crippen molar-refractivity contribution in [2.24, 2.45) is 11.5 Å². The third kappa shape index (κ3) is 10.4. The molecule has 4 aromatic rings. The van der Waals surface area contributed by atoms with Gasteiger partial charge in [0.1, 0.15) is 11.6 Å². The molecule has 0 aliphatic carbocycles. The summed E-state index contributed by atoms with van der Waals surface area (Å²) < 4.78 is 86.6. The summed E-state index contributed by atoms with van der Waals surface area (Å²) in [4.78, 5) is 46.4. The van der Waals surface area contributed by atoms with E-state index in [4.69, 9.17) is 11.5 Å². The SMILES string of the molecule is NCC1(c2ccccc2C(F)(F)F)CCN(C(CN2CCN(c3cnccn3)CC2)C(=O)C(CN2CCN(c3cnccn3)CC2)N2CCC(CN)(c3ccccc3C(F)(F)F)CC2)CC1. The van der Waals surface area contributed by atoms with Crippen LogP contribution in [-0.4, -0.2) is 162 Å². The molecule has 0 amide bonds. The molecule has 0 bridgehead atoms. The second-order valence-corrected chi connectivity index (χ2v) is 18.3. The van der Waals surface area contributed by atoms with Crippen LogP contribution in [0.3, 0.4) is 0 Å². The van der Waals surface area contributed by atoms with Gasteiger partial charge in [-0.3, -0.25) is 34.4 Å². The summed E-state index contributed by atoms with van der Waals surface area (Å²) in [5.41, 5.74) is 9.94. The minimum Gasteiger partial charge on any atom is -0.353 e. The Kier molecular flexibility index (Phi) is 14.6. The molecule has 0 saturated carbocycles. The molecule has 0 spiro atoms. The average molecular weight is 923 g/mol. The summed E-state index contributed by atoms with van der Waals surface area (Å²) in [6.45, 7) is 7.51. The van der Waals surface area contributed by atoms with Crippen molar-refractivity contribution in [3.05, 3.63) is 108 Å². The lowest BCUT2D eigenvalue weighted by atomic mass is 9.70. The normalized spacial score (nSPS) is 21.4. The van der Waals surface area contributed by atoms with Gasteiger partial charge < -0.3 is 21.3 Å². The second kappa shape index (κ2) is 20.2. The maximum atomic E-state index is 15.8. The lowest BCUT2D eigenvalue weighted by Crippen LogP contribution is -2.63. The van der Waals surface area contributed by atoms with Crippen molar-refractivity contribution < 1.29 is 31.1 Å². The lowest BCUT2D eigenvalue weighted by molar-refractivity contribution is -0.139. The van der Waals surface area contributed by atoms with Crippen LogP contribution >= 0.6 is 0 Å². The highest BCUT2D eigenvalue weighted by molar-refractivity contribution is 5.89. The van der Waals surface area contributed by atoms with Crippen LogP contribution in [0.5, 0.6) is 0 Å². The summed E-state index contributed by atoms with van der Waals surface area (Å²) in [6, 6.07) is 10.1. The number of Topliss-reactive ketones (excluding diaryl/α,β-unsaturated/α-hetero) is 1. The van der Waals surface area contributed by atoms with Crippen molar-refractivity contribution in [2.75, 3.05) is 115 Å². The van der Waals surface area contributed by atoms with Gasteiger partial charge in [0.25, 0.3) is 0 Å². The number of hydrogen-bond acceptors (Lipinski definition) is 13. The topological polar surface area (TPSA) is 140 Å². The van der Waals surface area contributed by atoms with Crippen molar-refractivity contribution >= 4 is 17.4 Å². The summed E-state index contributed by atoms with van der Waals surface area (Å²) in [5, 5.41) is 0. The Labute approximate surface area is 382 Å². The van der Waals surface area contributed by atoms with E-state index in [-0.39, 0.29) is 30.0 Å². The van der Waals surface area contributed by atoms with Gasteiger partial charge in [-0.05, 0) is 75.1 Å². The Bertz CT molecular complexity index is 2030. The van der Waals surface area contributed by atoms with Crippen LogP contribution < -0.4 is 21.3 Å². The van der Waals surface area contributed by atoms with Crippen molar-refractivity contribution in [1.29, 1.82) is 0 Å². The number of alkyl halides is 6. The number of aromatic nitrogens is 4. The van der Waals surface area contributed by atoms with Gasteiger partial charge in [0, 0.05) is 114 Å². The number of rotatable bonds is 14. The number of piperazine rings is 2. The van der Waals surface area contributed by atoms with E-state index in [0.717, 1.165) is 23.8 Å². The molecule has 4 aliphatic rings. The average Bonchev–Trinajstić information content (AvgIpc) is 3.35. The van der Waals surface area contributed by atoms with Crippen molar-refractivity contribution in [3.63, 3.8) is 0 Å². The van der Waals surface area contributed by atoms with Gasteiger partial charge in [-0.2, -0.15) is 26.3 Å². The molecule has 4 N–H and O–H groups in total. The third-order valence-electron chi connectivity index (χ3n) is 14.8. The van der Waals surface area contributed by atoms with Crippen LogP contribution in [0.1, 0.15) is 47.9 Å². The van der Waals surface area contributed by atoms with Crippen LogP contribution in [0.15, 0.2) is 85.7 Å². The zero-order chi connectivity index (χ0) is 46.5. The predicted molar refractivity (Wildman–Crippen MR) is 240 cm³/mol. The first-order valence-corrected chi connectivity index (χ1v) is 23.0. The summed E-state index contributed by atoms with van der Waals surface area (Å²) >= 11 is 0. The molecule has 19 heteroatoms. The lowest BCUT2D eigenvalue weighted by Gasteiger charge is -2.49. The highest BCUT2D eigenvalue weighted by Gasteiger charge is 2.48. The minimum atomic E-state index is -4.56. The Hall–Kier alpha value is -4.79. The van der Waals surface area contributed by atoms with E-state index in [9.17, 15) is 26.3 Å². The number of anilines is 2. The maximum Gasteiger partial charge on any atom is 0.416 e. The molecular weight excluding hydrogens is 863 g/mol. The fraction of sp³-hybridized carbons (Fsp3) is 0.553. The molecule has 2 aromatic carbocycles. The molecule has 2 unspecified atom stereocenters.